The van der Waals surface area contributed by atoms with Gasteiger partial charge >= 0.3 is 0 Å². The summed E-state index contributed by atoms with van der Waals surface area (Å²) in [6, 6.07) is 7.48. The smallest absolute Gasteiger partial charge is 0.269 e. The molecule has 0 amide bonds. The van der Waals surface area contributed by atoms with Gasteiger partial charge in [-0.05, 0) is 44.3 Å². The van der Waals surface area contributed by atoms with Gasteiger partial charge in [0.05, 0.1) is 4.92 Å². The molecule has 150 valence electrons. The number of guanidine groups is 1. The van der Waals surface area contributed by atoms with Crippen molar-refractivity contribution in [3.8, 4) is 0 Å². The molecule has 0 spiro atoms. The maximum atomic E-state index is 10.7. The molecule has 0 bridgehead atoms. The Morgan fingerprint density at radius 2 is 2.00 bits per heavy atom. The Hall–Kier alpha value is -2.15. The van der Waals surface area contributed by atoms with Crippen LogP contribution in [0.2, 0.25) is 0 Å². The van der Waals surface area contributed by atoms with Gasteiger partial charge in [-0.1, -0.05) is 26.0 Å². The number of nitro groups is 1. The lowest BCUT2D eigenvalue weighted by Gasteiger charge is -2.27. The van der Waals surface area contributed by atoms with Crippen LogP contribution < -0.4 is 5.32 Å². The van der Waals surface area contributed by atoms with Gasteiger partial charge in [-0.3, -0.25) is 20.0 Å². The summed E-state index contributed by atoms with van der Waals surface area (Å²) in [5, 5.41) is 14.2. The van der Waals surface area contributed by atoms with E-state index in [0.717, 1.165) is 63.5 Å². The number of benzene rings is 1. The molecule has 1 fully saturated rings. The van der Waals surface area contributed by atoms with E-state index in [4.69, 9.17) is 0 Å². The molecule has 2 rings (SSSR count). The van der Waals surface area contributed by atoms with Crippen molar-refractivity contribution in [3.05, 3.63) is 39.9 Å². The minimum atomic E-state index is -0.359. The number of aliphatic imine (C=N–C) groups is 1. The highest BCUT2D eigenvalue weighted by Crippen LogP contribution is 2.16. The predicted molar refractivity (Wildman–Crippen MR) is 110 cm³/mol. The topological polar surface area (TPSA) is 74.0 Å². The van der Waals surface area contributed by atoms with Crippen LogP contribution in [0.3, 0.4) is 0 Å². The van der Waals surface area contributed by atoms with Gasteiger partial charge < -0.3 is 10.2 Å². The molecule has 1 aliphatic heterocycles. The van der Waals surface area contributed by atoms with Gasteiger partial charge in [0.2, 0.25) is 0 Å². The highest BCUT2D eigenvalue weighted by molar-refractivity contribution is 5.80. The van der Waals surface area contributed by atoms with Crippen LogP contribution in [0, 0.1) is 10.1 Å². The summed E-state index contributed by atoms with van der Waals surface area (Å²) in [6.07, 6.45) is 4.22. The zero-order chi connectivity index (χ0) is 19.6. The molecule has 27 heavy (non-hydrogen) atoms. The summed E-state index contributed by atoms with van der Waals surface area (Å²) in [7, 11) is 1.85. The first-order chi connectivity index (χ1) is 13.1. The van der Waals surface area contributed by atoms with Gasteiger partial charge in [0.1, 0.15) is 0 Å². The van der Waals surface area contributed by atoms with Crippen molar-refractivity contribution >= 4 is 11.6 Å². The lowest BCUT2D eigenvalue weighted by atomic mass is 10.1. The Kier molecular flexibility index (Phi) is 8.51. The van der Waals surface area contributed by atoms with Crippen molar-refractivity contribution in [2.45, 2.75) is 45.6 Å². The molecule has 1 aromatic carbocycles. The maximum Gasteiger partial charge on any atom is 0.269 e. The van der Waals surface area contributed by atoms with Crippen LogP contribution in [-0.2, 0) is 6.42 Å². The minimum absolute atomic E-state index is 0.151. The van der Waals surface area contributed by atoms with E-state index in [0.29, 0.717) is 6.04 Å². The number of nitrogens with one attached hydrogen (secondary N) is 1. The van der Waals surface area contributed by atoms with Crippen LogP contribution in [-0.4, -0.2) is 66.5 Å². The van der Waals surface area contributed by atoms with E-state index in [2.05, 4.69) is 34.0 Å². The molecule has 1 N–H and O–H groups in total. The van der Waals surface area contributed by atoms with Gasteiger partial charge in [0.25, 0.3) is 5.69 Å². The minimum Gasteiger partial charge on any atom is -0.356 e. The fourth-order valence-corrected chi connectivity index (χ4v) is 3.74. The number of rotatable bonds is 9. The van der Waals surface area contributed by atoms with Crippen LogP contribution in [0.25, 0.3) is 0 Å². The number of nitro benzene ring substituents is 1. The molecule has 1 aromatic rings. The summed E-state index contributed by atoms with van der Waals surface area (Å²) >= 11 is 0. The number of likely N-dealkylation sites (N-methyl/N-ethyl adjacent to an activating group) is 1. The molecule has 0 aliphatic carbocycles. The van der Waals surface area contributed by atoms with Gasteiger partial charge in [0.15, 0.2) is 5.96 Å². The fraction of sp³-hybridized carbons (Fsp3) is 0.650. The van der Waals surface area contributed by atoms with Gasteiger partial charge in [-0.2, -0.15) is 0 Å². The molecular weight excluding hydrogens is 342 g/mol. The average molecular weight is 376 g/mol. The van der Waals surface area contributed by atoms with E-state index in [9.17, 15) is 10.1 Å². The largest absolute Gasteiger partial charge is 0.356 e. The Labute approximate surface area is 162 Å². The highest BCUT2D eigenvalue weighted by atomic mass is 16.6. The van der Waals surface area contributed by atoms with Crippen molar-refractivity contribution in [3.63, 3.8) is 0 Å². The van der Waals surface area contributed by atoms with Gasteiger partial charge in [0, 0.05) is 44.9 Å². The number of aryl methyl sites for hydroxylation is 1. The van der Waals surface area contributed by atoms with E-state index >= 15 is 0 Å². The Morgan fingerprint density at radius 3 is 2.59 bits per heavy atom. The molecule has 0 radical (unpaired) electrons. The van der Waals surface area contributed by atoms with E-state index in [-0.39, 0.29) is 10.6 Å². The van der Waals surface area contributed by atoms with Gasteiger partial charge in [-0.25, -0.2) is 0 Å². The number of non-ortho nitro benzene ring substituents is 1. The molecule has 1 aliphatic rings. The Balaban J connectivity index is 1.69. The molecule has 1 saturated heterocycles. The molecule has 7 nitrogen and oxygen atoms in total. The zero-order valence-electron chi connectivity index (χ0n) is 16.9. The first kappa shape index (κ1) is 21.2. The summed E-state index contributed by atoms with van der Waals surface area (Å²) < 4.78 is 0. The first-order valence-corrected chi connectivity index (χ1v) is 10.0. The second-order valence-electron chi connectivity index (χ2n) is 6.96. The Morgan fingerprint density at radius 1 is 1.30 bits per heavy atom. The van der Waals surface area contributed by atoms with Crippen LogP contribution in [0.15, 0.2) is 29.3 Å². The monoisotopic (exact) mass is 375 g/mol. The third-order valence-corrected chi connectivity index (χ3v) is 5.33. The lowest BCUT2D eigenvalue weighted by Crippen LogP contribution is -2.43. The van der Waals surface area contributed by atoms with E-state index in [1.165, 1.54) is 6.42 Å². The summed E-state index contributed by atoms with van der Waals surface area (Å²) in [5.41, 5.74) is 1.30. The fourth-order valence-electron chi connectivity index (χ4n) is 3.74. The normalized spacial score (nSPS) is 17.6. The van der Waals surface area contributed by atoms with Crippen LogP contribution in [0.1, 0.15) is 38.7 Å². The number of hydrogen-bond acceptors (Lipinski definition) is 4. The standard InChI is InChI=1S/C20H33N5O2/c1-4-23(5-2)19-13-15-24(16-19)20(21-3)22-14-7-6-8-17-9-11-18(12-10-17)25(26)27/h9-12,19H,4-8,13-16H2,1-3H3,(H,21,22). The molecule has 1 atom stereocenters. The van der Waals surface area contributed by atoms with Crippen molar-refractivity contribution in [2.24, 2.45) is 4.99 Å². The third-order valence-electron chi connectivity index (χ3n) is 5.33. The highest BCUT2D eigenvalue weighted by Gasteiger charge is 2.27. The lowest BCUT2D eigenvalue weighted by molar-refractivity contribution is -0.384. The van der Waals surface area contributed by atoms with Crippen molar-refractivity contribution in [1.82, 2.24) is 15.1 Å². The maximum absolute atomic E-state index is 10.7. The molecular formula is C20H33N5O2. The molecule has 7 heteroatoms. The van der Waals surface area contributed by atoms with E-state index < -0.39 is 0 Å². The molecule has 0 saturated carbocycles. The van der Waals surface area contributed by atoms with Crippen LogP contribution >= 0.6 is 0 Å². The van der Waals surface area contributed by atoms with Crippen molar-refractivity contribution < 1.29 is 4.92 Å². The SMILES string of the molecule is CCN(CC)C1CCN(C(=NC)NCCCCc2ccc([N+](=O)[O-])cc2)C1. The summed E-state index contributed by atoms with van der Waals surface area (Å²) in [5.74, 6) is 1.000. The summed E-state index contributed by atoms with van der Waals surface area (Å²) in [6.45, 7) is 9.65. The third kappa shape index (κ3) is 6.20. The Bertz CT molecular complexity index is 613. The number of likely N-dealkylation sites (tertiary alicyclic amines) is 1. The van der Waals surface area contributed by atoms with Crippen LogP contribution in [0.5, 0.6) is 0 Å². The average Bonchev–Trinajstić information content (AvgIpc) is 3.15. The second-order valence-corrected chi connectivity index (χ2v) is 6.96. The first-order valence-electron chi connectivity index (χ1n) is 10.0. The number of hydrogen-bond donors (Lipinski definition) is 1. The zero-order valence-corrected chi connectivity index (χ0v) is 16.9. The number of unbranched alkanes of at least 4 members (excludes halogenated alkanes) is 1. The molecule has 1 unspecified atom stereocenters. The molecule has 0 aromatic heterocycles. The van der Waals surface area contributed by atoms with E-state index in [1.807, 2.05) is 19.2 Å². The predicted octanol–water partition coefficient (Wildman–Crippen LogP) is 2.91. The molecule has 1 heterocycles. The quantitative estimate of drug-likeness (QED) is 0.236. The van der Waals surface area contributed by atoms with E-state index in [1.54, 1.807) is 12.1 Å². The van der Waals surface area contributed by atoms with Crippen molar-refractivity contribution in [2.75, 3.05) is 39.8 Å². The second kappa shape index (κ2) is 10.9. The summed E-state index contributed by atoms with van der Waals surface area (Å²) in [4.78, 5) is 19.7. The van der Waals surface area contributed by atoms with Crippen molar-refractivity contribution in [1.29, 1.82) is 0 Å². The number of nitrogens with zero attached hydrogens (tertiary/aromatic N) is 4. The van der Waals surface area contributed by atoms with Gasteiger partial charge in [-0.15, -0.1) is 0 Å². The van der Waals surface area contributed by atoms with Crippen LogP contribution in [0.4, 0.5) is 5.69 Å².